The number of Topliss-reactive ketones (excluding diaryl/α,β-unsaturated/α-hetero) is 1. The summed E-state index contributed by atoms with van der Waals surface area (Å²) in [5.74, 6) is 0.691. The van der Waals surface area contributed by atoms with Crippen molar-refractivity contribution in [2.45, 2.75) is 145 Å². The third kappa shape index (κ3) is 5.91. The molecule has 9 heteroatoms. The van der Waals surface area contributed by atoms with E-state index in [0.717, 1.165) is 56.9 Å². The molecule has 1 aromatic heterocycles. The number of fused-ring (bicyclic) bond motifs is 7. The molecule has 9 atom stereocenters. The van der Waals surface area contributed by atoms with Gasteiger partial charge >= 0.3 is 11.9 Å². The third-order valence-electron chi connectivity index (χ3n) is 15.7. The highest BCUT2D eigenvalue weighted by atomic mass is 16.5. The van der Waals surface area contributed by atoms with Crippen molar-refractivity contribution in [1.29, 1.82) is 0 Å². The van der Waals surface area contributed by atoms with E-state index in [4.69, 9.17) is 4.74 Å². The predicted molar refractivity (Wildman–Crippen MR) is 195 cm³/mol. The number of aliphatic hydroxyl groups excluding tert-OH is 1. The maximum absolute atomic E-state index is 14.0. The number of aromatic nitrogens is 2. The first kappa shape index (κ1) is 38.1. The minimum Gasteiger partial charge on any atom is -0.481 e. The van der Waals surface area contributed by atoms with Gasteiger partial charge in [-0.25, -0.2) is 9.97 Å². The van der Waals surface area contributed by atoms with Crippen LogP contribution in [-0.2, 0) is 25.7 Å². The summed E-state index contributed by atoms with van der Waals surface area (Å²) in [6, 6.07) is 1.80. The number of nitrogens with zero attached hydrogens (tertiary/aromatic N) is 2. The van der Waals surface area contributed by atoms with Crippen molar-refractivity contribution in [2.75, 3.05) is 6.54 Å². The van der Waals surface area contributed by atoms with Crippen LogP contribution in [-0.4, -0.2) is 56.7 Å². The van der Waals surface area contributed by atoms with E-state index in [9.17, 15) is 24.6 Å². The Morgan fingerprint density at radius 1 is 0.961 bits per heavy atom. The normalized spacial score (nSPS) is 38.0. The number of carboxylic acid groups (broad SMARTS) is 1. The molecule has 0 amide bonds. The van der Waals surface area contributed by atoms with Crippen LogP contribution in [0.2, 0.25) is 0 Å². The molecule has 51 heavy (non-hydrogen) atoms. The quantitative estimate of drug-likeness (QED) is 0.214. The van der Waals surface area contributed by atoms with E-state index in [1.165, 1.54) is 5.57 Å². The van der Waals surface area contributed by atoms with Crippen LogP contribution in [0.5, 0.6) is 0 Å². The number of rotatable bonds is 10. The minimum absolute atomic E-state index is 0.0195. The fraction of sp³-hybridized carbons (Fsp3) is 0.786. The second kappa shape index (κ2) is 13.0. The number of esters is 1. The molecule has 4 saturated carbocycles. The van der Waals surface area contributed by atoms with Crippen LogP contribution in [0.15, 0.2) is 29.6 Å². The Kier molecular flexibility index (Phi) is 9.73. The lowest BCUT2D eigenvalue weighted by Crippen LogP contribution is -2.66. The molecular weight excluding hydrogens is 642 g/mol. The van der Waals surface area contributed by atoms with Gasteiger partial charge in [-0.3, -0.25) is 14.4 Å². The van der Waals surface area contributed by atoms with Gasteiger partial charge in [0.15, 0.2) is 5.78 Å². The topological polar surface area (TPSA) is 139 Å². The summed E-state index contributed by atoms with van der Waals surface area (Å²) in [7, 11) is 0. The maximum Gasteiger partial charge on any atom is 0.309 e. The summed E-state index contributed by atoms with van der Waals surface area (Å²) in [5.41, 5.74) is 0.384. The second-order valence-electron chi connectivity index (χ2n) is 19.4. The first-order valence-electron chi connectivity index (χ1n) is 19.6. The number of hydrogen-bond acceptors (Lipinski definition) is 8. The van der Waals surface area contributed by atoms with Crippen molar-refractivity contribution in [2.24, 2.45) is 56.2 Å². The van der Waals surface area contributed by atoms with Gasteiger partial charge in [0, 0.05) is 36.2 Å². The van der Waals surface area contributed by atoms with Gasteiger partial charge in [-0.2, -0.15) is 0 Å². The molecule has 9 nitrogen and oxygen atoms in total. The van der Waals surface area contributed by atoms with E-state index in [0.29, 0.717) is 37.2 Å². The van der Waals surface area contributed by atoms with Crippen molar-refractivity contribution in [3.63, 3.8) is 0 Å². The number of nitrogens with one attached hydrogen (secondary N) is 1. The molecule has 3 N–H and O–H groups in total. The number of ether oxygens (including phenoxy) is 1. The molecule has 6 rings (SSSR count). The molecule has 1 heterocycles. The Labute approximate surface area is 305 Å². The first-order valence-corrected chi connectivity index (χ1v) is 19.6. The highest BCUT2D eigenvalue weighted by Crippen LogP contribution is 2.77. The Balaban J connectivity index is 1.26. The van der Waals surface area contributed by atoms with Gasteiger partial charge in [0.2, 0.25) is 0 Å². The lowest BCUT2D eigenvalue weighted by atomic mass is 9.33. The standard InChI is InChI=1S/C42H63N3O6/c1-25(2)34-27(46)21-42(30(47)23-43-24-32-44-19-10-20-45-32)18-17-40(8)26(35(34)42)11-12-29-39(7)15-14-31(51-33(48)22-37(3,4)36(49)50)38(5,6)28(39)13-16-41(29,40)9/h10,19-20,25-26,28-31,43,47H,11-18,21-24H2,1-9H3,(H,49,50)/t26-,28+,29-,30?,31+,39+,40-,41-,42?/m1/s1. The SMILES string of the molecule is CC(C)C1=C2[C@H]3CC[C@@H]4[C@@]5(C)CC[C@H](OC(=O)CC(C)(C)C(=O)O)C(C)(C)[C@@H]5CC[C@@]4(C)[C@]3(C)CCC2(C(O)CNCc2ncccn2)CC1=O. The summed E-state index contributed by atoms with van der Waals surface area (Å²) >= 11 is 0. The largest absolute Gasteiger partial charge is 0.481 e. The average molecular weight is 706 g/mol. The van der Waals surface area contributed by atoms with Crippen LogP contribution >= 0.6 is 0 Å². The molecule has 0 spiro atoms. The van der Waals surface area contributed by atoms with Gasteiger partial charge in [-0.1, -0.05) is 54.0 Å². The Morgan fingerprint density at radius 3 is 2.29 bits per heavy atom. The molecule has 0 bridgehead atoms. The highest BCUT2D eigenvalue weighted by molar-refractivity contribution is 6.00. The maximum atomic E-state index is 14.0. The molecule has 1 aromatic rings. The van der Waals surface area contributed by atoms with Crippen LogP contribution in [0.25, 0.3) is 0 Å². The number of allylic oxidation sites excluding steroid dienone is 1. The molecule has 4 fully saturated rings. The number of carboxylic acids is 1. The van der Waals surface area contributed by atoms with Crippen molar-refractivity contribution >= 4 is 17.7 Å². The van der Waals surface area contributed by atoms with Crippen LogP contribution in [0.3, 0.4) is 0 Å². The third-order valence-corrected chi connectivity index (χ3v) is 15.7. The fourth-order valence-electron chi connectivity index (χ4n) is 12.8. The molecule has 282 valence electrons. The lowest BCUT2D eigenvalue weighted by molar-refractivity contribution is -0.235. The van der Waals surface area contributed by atoms with Crippen LogP contribution < -0.4 is 5.32 Å². The molecule has 0 radical (unpaired) electrons. The molecule has 0 aromatic carbocycles. The van der Waals surface area contributed by atoms with Gasteiger partial charge in [0.1, 0.15) is 11.9 Å². The van der Waals surface area contributed by atoms with E-state index in [2.05, 4.69) is 63.8 Å². The monoisotopic (exact) mass is 705 g/mol. The van der Waals surface area contributed by atoms with Crippen molar-refractivity contribution in [1.82, 2.24) is 15.3 Å². The van der Waals surface area contributed by atoms with E-state index < -0.39 is 28.9 Å². The highest BCUT2D eigenvalue weighted by Gasteiger charge is 2.70. The van der Waals surface area contributed by atoms with Gasteiger partial charge < -0.3 is 20.3 Å². The minimum atomic E-state index is -1.17. The molecule has 2 unspecified atom stereocenters. The Bertz CT molecular complexity index is 1570. The number of aliphatic carboxylic acids is 1. The zero-order chi connectivity index (χ0) is 37.4. The molecular formula is C42H63N3O6. The average Bonchev–Trinajstić information content (AvgIpc) is 3.36. The number of aliphatic hydroxyl groups is 1. The molecule has 0 aliphatic heterocycles. The number of carbonyl (C=O) groups excluding carboxylic acids is 2. The summed E-state index contributed by atoms with van der Waals surface area (Å²) < 4.78 is 6.16. The first-order chi connectivity index (χ1) is 23.7. The zero-order valence-corrected chi connectivity index (χ0v) is 32.6. The fourth-order valence-corrected chi connectivity index (χ4v) is 12.8. The molecule has 0 saturated heterocycles. The summed E-state index contributed by atoms with van der Waals surface area (Å²) in [5, 5.41) is 25.1. The number of ketones is 1. The van der Waals surface area contributed by atoms with Crippen LogP contribution in [0.1, 0.15) is 132 Å². The van der Waals surface area contributed by atoms with E-state index in [1.54, 1.807) is 32.3 Å². The number of carbonyl (C=O) groups is 3. The van der Waals surface area contributed by atoms with Crippen molar-refractivity contribution in [3.8, 4) is 0 Å². The Morgan fingerprint density at radius 2 is 1.65 bits per heavy atom. The summed E-state index contributed by atoms with van der Waals surface area (Å²) in [6.07, 6.45) is 10.5. The summed E-state index contributed by atoms with van der Waals surface area (Å²) in [4.78, 5) is 47.4. The van der Waals surface area contributed by atoms with Gasteiger partial charge in [-0.05, 0) is 117 Å². The summed E-state index contributed by atoms with van der Waals surface area (Å²) in [6.45, 7) is 20.4. The molecule has 5 aliphatic rings. The van der Waals surface area contributed by atoms with Crippen molar-refractivity contribution in [3.05, 3.63) is 35.4 Å². The van der Waals surface area contributed by atoms with Gasteiger partial charge in [0.05, 0.1) is 24.5 Å². The smallest absolute Gasteiger partial charge is 0.309 e. The second-order valence-corrected chi connectivity index (χ2v) is 19.4. The van der Waals surface area contributed by atoms with E-state index in [1.807, 2.05) is 0 Å². The van der Waals surface area contributed by atoms with Crippen LogP contribution in [0, 0.1) is 56.2 Å². The van der Waals surface area contributed by atoms with E-state index >= 15 is 0 Å². The van der Waals surface area contributed by atoms with Crippen LogP contribution in [0.4, 0.5) is 0 Å². The van der Waals surface area contributed by atoms with E-state index in [-0.39, 0.29) is 51.8 Å². The molecule has 5 aliphatic carbocycles. The zero-order valence-electron chi connectivity index (χ0n) is 32.6. The lowest BCUT2D eigenvalue weighted by Gasteiger charge is -2.72. The number of hydrogen-bond donors (Lipinski definition) is 3. The van der Waals surface area contributed by atoms with Gasteiger partial charge in [0.25, 0.3) is 0 Å². The predicted octanol–water partition coefficient (Wildman–Crippen LogP) is 7.32. The van der Waals surface area contributed by atoms with Crippen molar-refractivity contribution < 1.29 is 29.3 Å². The Hall–Kier alpha value is -2.65. The van der Waals surface area contributed by atoms with Gasteiger partial charge in [-0.15, -0.1) is 0 Å².